The fourth-order valence-corrected chi connectivity index (χ4v) is 4.67. The third-order valence-electron chi connectivity index (χ3n) is 7.16. The first-order chi connectivity index (χ1) is 15.2. The van der Waals surface area contributed by atoms with Gasteiger partial charge in [0.05, 0.1) is 17.3 Å². The van der Waals surface area contributed by atoms with Crippen LogP contribution in [0, 0.1) is 28.6 Å². The maximum Gasteiger partial charge on any atom is 0.283 e. The summed E-state index contributed by atoms with van der Waals surface area (Å²) in [5.41, 5.74) is 2.37. The first kappa shape index (κ1) is 25.0. The summed E-state index contributed by atoms with van der Waals surface area (Å²) in [6.45, 7) is 14.3. The van der Waals surface area contributed by atoms with Crippen molar-refractivity contribution in [2.24, 2.45) is 22.2 Å². The van der Waals surface area contributed by atoms with E-state index in [4.69, 9.17) is 0 Å². The van der Waals surface area contributed by atoms with E-state index in [1.165, 1.54) is 6.92 Å². The summed E-state index contributed by atoms with van der Waals surface area (Å²) in [4.78, 5) is 6.27. The van der Waals surface area contributed by atoms with Crippen LogP contribution in [-0.2, 0) is 6.42 Å². The summed E-state index contributed by atoms with van der Waals surface area (Å²) < 4.78 is 55.3. The smallest absolute Gasteiger partial charge is 0.283 e. The number of alkyl halides is 4. The van der Waals surface area contributed by atoms with Crippen molar-refractivity contribution in [3.05, 3.63) is 53.7 Å². The van der Waals surface area contributed by atoms with Crippen LogP contribution >= 0.6 is 0 Å². The van der Waals surface area contributed by atoms with Gasteiger partial charge in [-0.3, -0.25) is 4.99 Å². The summed E-state index contributed by atoms with van der Waals surface area (Å²) in [5, 5.41) is 9.35. The van der Waals surface area contributed by atoms with Gasteiger partial charge in [0.1, 0.15) is 0 Å². The number of hydrogen-bond donors (Lipinski definition) is 0. The number of rotatable bonds is 9. The van der Waals surface area contributed by atoms with E-state index in [2.05, 4.69) is 24.2 Å². The molecule has 0 bridgehead atoms. The molecule has 0 radical (unpaired) electrons. The molecule has 2 aliphatic rings. The Morgan fingerprint density at radius 3 is 2.52 bits per heavy atom. The minimum Gasteiger partial charge on any atom is -0.370 e. The second kappa shape index (κ2) is 8.62. The van der Waals surface area contributed by atoms with Crippen LogP contribution in [0.3, 0.4) is 0 Å². The van der Waals surface area contributed by atoms with E-state index in [1.807, 2.05) is 4.90 Å². The summed E-state index contributed by atoms with van der Waals surface area (Å²) in [7, 11) is 0. The van der Waals surface area contributed by atoms with Crippen molar-refractivity contribution in [3.8, 4) is 6.07 Å². The molecule has 1 aromatic rings. The summed E-state index contributed by atoms with van der Waals surface area (Å²) in [6.07, 6.45) is 1.12. The molecule has 3 unspecified atom stereocenters. The van der Waals surface area contributed by atoms with E-state index in [1.54, 1.807) is 25.1 Å². The molecule has 1 saturated heterocycles. The zero-order valence-electron chi connectivity index (χ0n) is 19.7. The van der Waals surface area contributed by atoms with E-state index >= 15 is 0 Å². The van der Waals surface area contributed by atoms with E-state index in [0.717, 1.165) is 20.3 Å². The Hall–Kier alpha value is -2.62. The minimum atomic E-state index is -2.99. The van der Waals surface area contributed by atoms with Crippen molar-refractivity contribution in [1.29, 1.82) is 5.26 Å². The van der Waals surface area contributed by atoms with Gasteiger partial charge in [-0.1, -0.05) is 33.1 Å². The molecule has 7 heteroatoms. The Morgan fingerprint density at radius 2 is 1.97 bits per heavy atom. The number of fused-ring (bicyclic) bond motifs is 1. The maximum absolute atomic E-state index is 13.8. The number of nitriles is 1. The number of hydrogen-bond acceptors (Lipinski definition) is 3. The minimum absolute atomic E-state index is 0.143. The molecule has 33 heavy (non-hydrogen) atoms. The molecule has 1 aromatic carbocycles. The average Bonchev–Trinajstić information content (AvgIpc) is 3.30. The topological polar surface area (TPSA) is 39.4 Å². The van der Waals surface area contributed by atoms with E-state index in [0.29, 0.717) is 41.2 Å². The molecule has 0 N–H and O–H groups in total. The molecule has 0 aromatic heterocycles. The highest BCUT2D eigenvalue weighted by atomic mass is 19.3. The molecule has 0 spiro atoms. The van der Waals surface area contributed by atoms with Gasteiger partial charge < -0.3 is 4.90 Å². The van der Waals surface area contributed by atoms with Gasteiger partial charge in [0.2, 0.25) is 5.92 Å². The van der Waals surface area contributed by atoms with Crippen LogP contribution in [0.1, 0.15) is 57.2 Å². The van der Waals surface area contributed by atoms with Crippen molar-refractivity contribution in [2.45, 2.75) is 58.8 Å². The highest BCUT2D eigenvalue weighted by Gasteiger charge is 2.62. The molecule has 0 amide bonds. The second-order valence-corrected chi connectivity index (χ2v) is 9.68. The lowest BCUT2D eigenvalue weighted by molar-refractivity contribution is -0.0320. The zero-order chi connectivity index (χ0) is 24.8. The normalized spacial score (nSPS) is 23.7. The Balaban J connectivity index is 1.84. The highest BCUT2D eigenvalue weighted by Crippen LogP contribution is 2.63. The molecule has 178 valence electrons. The van der Waals surface area contributed by atoms with Crippen molar-refractivity contribution in [1.82, 2.24) is 4.90 Å². The van der Waals surface area contributed by atoms with Gasteiger partial charge in [-0.05, 0) is 49.8 Å². The van der Waals surface area contributed by atoms with Crippen LogP contribution < -0.4 is 0 Å². The van der Waals surface area contributed by atoms with Crippen molar-refractivity contribution < 1.29 is 17.6 Å². The van der Waals surface area contributed by atoms with Crippen molar-refractivity contribution >= 4 is 11.4 Å². The van der Waals surface area contributed by atoms with Crippen LogP contribution in [0.25, 0.3) is 5.70 Å². The van der Waals surface area contributed by atoms with Crippen LogP contribution in [0.4, 0.5) is 17.6 Å². The Bertz CT molecular complexity index is 1030. The van der Waals surface area contributed by atoms with Crippen molar-refractivity contribution in [3.63, 3.8) is 0 Å². The summed E-state index contributed by atoms with van der Waals surface area (Å²) in [6, 6.07) is 7.13. The lowest BCUT2D eigenvalue weighted by Crippen LogP contribution is -2.27. The van der Waals surface area contributed by atoms with Crippen LogP contribution in [0.2, 0.25) is 0 Å². The first-order valence-electron chi connectivity index (χ1n) is 11.2. The molecular weight excluding hydrogens is 430 g/mol. The molecule has 3 nitrogen and oxygen atoms in total. The Labute approximate surface area is 193 Å². The van der Waals surface area contributed by atoms with E-state index < -0.39 is 17.8 Å². The third kappa shape index (κ3) is 5.00. The number of halogens is 4. The number of piperidine rings is 1. The zero-order valence-corrected chi connectivity index (χ0v) is 19.7. The number of likely N-dealkylation sites (tertiary alicyclic amines) is 1. The van der Waals surface area contributed by atoms with Crippen molar-refractivity contribution in [2.75, 3.05) is 13.1 Å². The van der Waals surface area contributed by atoms with Gasteiger partial charge in [-0.25, -0.2) is 17.6 Å². The molecule has 1 aliphatic carbocycles. The number of aliphatic imine (C=N–C) groups is 1. The lowest BCUT2D eigenvalue weighted by atomic mass is 9.91. The average molecular weight is 462 g/mol. The first-order valence-corrected chi connectivity index (χ1v) is 11.2. The molecule has 2 fully saturated rings. The van der Waals surface area contributed by atoms with Crippen LogP contribution in [0.5, 0.6) is 0 Å². The van der Waals surface area contributed by atoms with Gasteiger partial charge in [-0.15, -0.1) is 0 Å². The second-order valence-electron chi connectivity index (χ2n) is 9.68. The largest absolute Gasteiger partial charge is 0.370 e. The number of benzene rings is 1. The number of nitrogens with zero attached hydrogens (tertiary/aromatic N) is 3. The van der Waals surface area contributed by atoms with Gasteiger partial charge in [-0.2, -0.15) is 5.26 Å². The van der Waals surface area contributed by atoms with Crippen LogP contribution in [0.15, 0.2) is 42.0 Å². The quantitative estimate of drug-likeness (QED) is 0.303. The van der Waals surface area contributed by atoms with Gasteiger partial charge in [0.15, 0.2) is 0 Å². The molecule has 1 heterocycles. The molecule has 3 rings (SSSR count). The standard InChI is InChI=1S/C26H31F4N3/c1-7-23(25(6,29)30)32-18(4)26-12-21(26)14-33(15-26)17(3)22-11-19(13-31)8-9-20(22)10-16(2)24(5,27)28/h8-9,11,16,21H,3-4,7,10,12,14-15H2,1-2,5-6H3. The summed E-state index contributed by atoms with van der Waals surface area (Å²) in [5.74, 6) is -6.48. The van der Waals surface area contributed by atoms with Crippen LogP contribution in [-0.4, -0.2) is 35.5 Å². The van der Waals surface area contributed by atoms with Gasteiger partial charge >= 0.3 is 0 Å². The monoisotopic (exact) mass is 461 g/mol. The van der Waals surface area contributed by atoms with E-state index in [9.17, 15) is 22.8 Å². The molecular formula is C26H31F4N3. The predicted molar refractivity (Wildman–Crippen MR) is 123 cm³/mol. The molecule has 1 saturated carbocycles. The SMILES string of the molecule is C=C(c1cc(C#N)ccc1CC(C)C(C)(F)F)N1CC2CC2(C(=C)N=C(CC)C(C)(F)F)C1. The third-order valence-corrected chi connectivity index (χ3v) is 7.16. The Morgan fingerprint density at radius 1 is 1.30 bits per heavy atom. The maximum atomic E-state index is 13.8. The lowest BCUT2D eigenvalue weighted by Gasteiger charge is -2.28. The fraction of sp³-hybridized carbons (Fsp3) is 0.538. The fourth-order valence-electron chi connectivity index (χ4n) is 4.67. The van der Waals surface area contributed by atoms with Gasteiger partial charge in [0, 0.05) is 48.3 Å². The van der Waals surface area contributed by atoms with E-state index in [-0.39, 0.29) is 29.9 Å². The Kier molecular flexibility index (Phi) is 6.54. The predicted octanol–water partition coefficient (Wildman–Crippen LogP) is 6.70. The summed E-state index contributed by atoms with van der Waals surface area (Å²) >= 11 is 0. The molecule has 1 aliphatic heterocycles. The molecule has 3 atom stereocenters. The van der Waals surface area contributed by atoms with Gasteiger partial charge in [0.25, 0.3) is 5.92 Å². The highest BCUT2D eigenvalue weighted by molar-refractivity contribution is 5.91.